The van der Waals surface area contributed by atoms with E-state index in [2.05, 4.69) is 5.32 Å². The van der Waals surface area contributed by atoms with E-state index >= 15 is 0 Å². The second kappa shape index (κ2) is 8.57. The van der Waals surface area contributed by atoms with Gasteiger partial charge in [0, 0.05) is 24.2 Å². The number of benzene rings is 2. The number of hydrogen-bond acceptors (Lipinski definition) is 5. The van der Waals surface area contributed by atoms with Gasteiger partial charge >= 0.3 is 0 Å². The van der Waals surface area contributed by atoms with E-state index in [1.807, 2.05) is 19.0 Å². The number of rotatable bonds is 7. The summed E-state index contributed by atoms with van der Waals surface area (Å²) in [5.74, 6) is -2.61. The molecule has 3 aromatic rings. The van der Waals surface area contributed by atoms with E-state index in [0.717, 1.165) is 31.5 Å². The molecule has 1 heterocycles. The molecule has 0 fully saturated rings. The van der Waals surface area contributed by atoms with Crippen LogP contribution in [-0.4, -0.2) is 32.1 Å². The topological polar surface area (TPSA) is 71.5 Å². The maximum absolute atomic E-state index is 14.4. The van der Waals surface area contributed by atoms with Gasteiger partial charge in [0.15, 0.2) is 16.8 Å². The predicted octanol–water partition coefficient (Wildman–Crippen LogP) is 4.21. The van der Waals surface area contributed by atoms with Crippen LogP contribution in [0.4, 0.5) is 24.5 Å². The highest BCUT2D eigenvalue weighted by atomic mass is 19.1. The van der Waals surface area contributed by atoms with E-state index in [1.54, 1.807) is 0 Å². The molecule has 3 N–H and O–H groups in total. The molecule has 1 aromatic heterocycles. The lowest BCUT2D eigenvalue weighted by Gasteiger charge is -2.13. The number of nitrogens with two attached hydrogens (primary N) is 1. The fraction of sp³-hybridized carbons (Fsp3) is 0.286. The van der Waals surface area contributed by atoms with Gasteiger partial charge < -0.3 is 20.4 Å². The number of hydrogen-bond donors (Lipinski definition) is 2. The van der Waals surface area contributed by atoms with E-state index < -0.39 is 22.9 Å². The second-order valence-corrected chi connectivity index (χ2v) is 7.07. The molecule has 0 radical (unpaired) electrons. The van der Waals surface area contributed by atoms with Crippen LogP contribution in [0.2, 0.25) is 0 Å². The Hall–Kier alpha value is -3.00. The average molecular weight is 405 g/mol. The molecular formula is C21H22F3N3O2. The van der Waals surface area contributed by atoms with Crippen molar-refractivity contribution in [1.82, 2.24) is 4.90 Å². The summed E-state index contributed by atoms with van der Waals surface area (Å²) < 4.78 is 48.0. The van der Waals surface area contributed by atoms with Gasteiger partial charge in [0.25, 0.3) is 0 Å². The molecule has 0 saturated heterocycles. The van der Waals surface area contributed by atoms with Crippen LogP contribution in [0.1, 0.15) is 12.8 Å². The first-order valence-electron chi connectivity index (χ1n) is 9.17. The molecule has 0 unspecified atom stereocenters. The van der Waals surface area contributed by atoms with E-state index in [9.17, 15) is 18.0 Å². The molecule has 154 valence electrons. The maximum atomic E-state index is 14.4. The third-order valence-electron chi connectivity index (χ3n) is 4.53. The Kier molecular flexibility index (Phi) is 6.12. The Bertz CT molecular complexity index is 1100. The smallest absolute Gasteiger partial charge is 0.195 e. The van der Waals surface area contributed by atoms with Gasteiger partial charge in [-0.3, -0.25) is 4.79 Å². The van der Waals surface area contributed by atoms with Crippen molar-refractivity contribution in [3.05, 3.63) is 58.0 Å². The van der Waals surface area contributed by atoms with E-state index in [4.69, 9.17) is 10.2 Å². The molecule has 3 rings (SSSR count). The molecule has 0 amide bonds. The number of nitrogens with zero attached hydrogens (tertiary/aromatic N) is 1. The van der Waals surface area contributed by atoms with E-state index in [1.165, 1.54) is 12.1 Å². The van der Waals surface area contributed by atoms with Crippen LogP contribution in [0.15, 0.2) is 39.5 Å². The van der Waals surface area contributed by atoms with Crippen molar-refractivity contribution in [3.63, 3.8) is 0 Å². The van der Waals surface area contributed by atoms with Crippen molar-refractivity contribution in [2.45, 2.75) is 12.8 Å². The molecule has 2 aromatic carbocycles. The van der Waals surface area contributed by atoms with Crippen molar-refractivity contribution in [2.75, 3.05) is 38.2 Å². The number of halogens is 3. The van der Waals surface area contributed by atoms with Crippen LogP contribution in [-0.2, 0) is 0 Å². The zero-order valence-electron chi connectivity index (χ0n) is 16.2. The molecule has 8 heteroatoms. The minimum absolute atomic E-state index is 0.0381. The summed E-state index contributed by atoms with van der Waals surface area (Å²) in [4.78, 5) is 14.7. The average Bonchev–Trinajstić information content (AvgIpc) is 2.65. The normalized spacial score (nSPS) is 11.4. The van der Waals surface area contributed by atoms with Crippen LogP contribution in [0.3, 0.4) is 0 Å². The summed E-state index contributed by atoms with van der Waals surface area (Å²) in [6, 6.07) is 5.61. The lowest BCUT2D eigenvalue weighted by atomic mass is 10.1. The lowest BCUT2D eigenvalue weighted by Crippen LogP contribution is -2.15. The number of fused-ring (bicyclic) bond motifs is 1. The number of anilines is 2. The SMILES string of the molecule is CN(C)CCCCNc1c(F)cc(F)c2oc(-c3ccc(N)c(F)c3)cc(=O)c12. The Morgan fingerprint density at radius 2 is 1.79 bits per heavy atom. The van der Waals surface area contributed by atoms with Gasteiger partial charge in [0.2, 0.25) is 0 Å². The van der Waals surface area contributed by atoms with Gasteiger partial charge in [0.05, 0.1) is 16.8 Å². The molecule has 0 aliphatic heterocycles. The summed E-state index contributed by atoms with van der Waals surface area (Å²) >= 11 is 0. The highest BCUT2D eigenvalue weighted by molar-refractivity contribution is 5.91. The minimum Gasteiger partial charge on any atom is -0.453 e. The number of unbranched alkanes of at least 4 members (excludes halogenated alkanes) is 1. The van der Waals surface area contributed by atoms with Crippen LogP contribution < -0.4 is 16.5 Å². The van der Waals surface area contributed by atoms with Crippen LogP contribution >= 0.6 is 0 Å². The highest BCUT2D eigenvalue weighted by Crippen LogP contribution is 2.31. The third kappa shape index (κ3) is 4.54. The summed E-state index contributed by atoms with van der Waals surface area (Å²) in [5.41, 5.74) is 4.49. The monoisotopic (exact) mass is 405 g/mol. The van der Waals surface area contributed by atoms with Gasteiger partial charge in [-0.1, -0.05) is 0 Å². The zero-order valence-corrected chi connectivity index (χ0v) is 16.2. The molecular weight excluding hydrogens is 383 g/mol. The summed E-state index contributed by atoms with van der Waals surface area (Å²) in [7, 11) is 3.91. The van der Waals surface area contributed by atoms with Gasteiger partial charge in [-0.25, -0.2) is 13.2 Å². The number of nitrogens with one attached hydrogen (secondary N) is 1. The maximum Gasteiger partial charge on any atom is 0.195 e. The van der Waals surface area contributed by atoms with E-state index in [0.29, 0.717) is 12.6 Å². The molecule has 0 spiro atoms. The Morgan fingerprint density at radius 1 is 1.03 bits per heavy atom. The fourth-order valence-corrected chi connectivity index (χ4v) is 3.03. The third-order valence-corrected chi connectivity index (χ3v) is 4.53. The minimum atomic E-state index is -1.01. The first kappa shape index (κ1) is 20.7. The number of nitrogen functional groups attached to an aromatic ring is 1. The second-order valence-electron chi connectivity index (χ2n) is 7.07. The largest absolute Gasteiger partial charge is 0.453 e. The van der Waals surface area contributed by atoms with Gasteiger partial charge in [-0.2, -0.15) is 0 Å². The van der Waals surface area contributed by atoms with Crippen LogP contribution in [0, 0.1) is 17.5 Å². The molecule has 0 aliphatic rings. The summed E-state index contributed by atoms with van der Waals surface area (Å²) in [6.45, 7) is 1.29. The standard InChI is InChI=1S/C21H22F3N3O2/c1-27(2)8-4-3-7-26-20-14(23)10-15(24)21-19(20)17(28)11-18(29-21)12-5-6-16(25)13(22)9-12/h5-6,9-11,26H,3-4,7-8,25H2,1-2H3. The van der Waals surface area contributed by atoms with Gasteiger partial charge in [-0.15, -0.1) is 0 Å². The molecule has 29 heavy (non-hydrogen) atoms. The molecule has 5 nitrogen and oxygen atoms in total. The highest BCUT2D eigenvalue weighted by Gasteiger charge is 2.19. The first-order valence-corrected chi connectivity index (χ1v) is 9.17. The molecule has 0 saturated carbocycles. The quantitative estimate of drug-likeness (QED) is 0.455. The Balaban J connectivity index is 1.99. The zero-order chi connectivity index (χ0) is 21.1. The molecule has 0 aliphatic carbocycles. The van der Waals surface area contributed by atoms with E-state index in [-0.39, 0.29) is 33.7 Å². The molecule has 0 atom stereocenters. The Labute approximate surface area is 165 Å². The van der Waals surface area contributed by atoms with Crippen molar-refractivity contribution in [3.8, 4) is 11.3 Å². The van der Waals surface area contributed by atoms with Crippen molar-refractivity contribution in [2.24, 2.45) is 0 Å². The van der Waals surface area contributed by atoms with Crippen LogP contribution in [0.5, 0.6) is 0 Å². The predicted molar refractivity (Wildman–Crippen MR) is 108 cm³/mol. The van der Waals surface area contributed by atoms with Crippen molar-refractivity contribution < 1.29 is 17.6 Å². The first-order chi connectivity index (χ1) is 13.8. The lowest BCUT2D eigenvalue weighted by molar-refractivity contribution is 0.396. The summed E-state index contributed by atoms with van der Waals surface area (Å²) in [5, 5.41) is 2.66. The van der Waals surface area contributed by atoms with Crippen molar-refractivity contribution >= 4 is 22.3 Å². The van der Waals surface area contributed by atoms with Gasteiger partial charge in [0.1, 0.15) is 17.4 Å². The van der Waals surface area contributed by atoms with Gasteiger partial charge in [-0.05, 0) is 51.7 Å². The van der Waals surface area contributed by atoms with Crippen LogP contribution in [0.25, 0.3) is 22.3 Å². The fourth-order valence-electron chi connectivity index (χ4n) is 3.03. The Morgan fingerprint density at radius 3 is 2.48 bits per heavy atom. The summed E-state index contributed by atoms with van der Waals surface area (Å²) in [6.07, 6.45) is 1.62. The molecule has 0 bridgehead atoms. The van der Waals surface area contributed by atoms with Crippen molar-refractivity contribution in [1.29, 1.82) is 0 Å².